The van der Waals surface area contributed by atoms with E-state index in [9.17, 15) is 22.8 Å². The average Bonchev–Trinajstić information content (AvgIpc) is 2.52. The van der Waals surface area contributed by atoms with Gasteiger partial charge in [-0.25, -0.2) is 4.68 Å². The Morgan fingerprint density at radius 2 is 1.87 bits per heavy atom. The van der Waals surface area contributed by atoms with Crippen LogP contribution >= 0.6 is 0 Å². The van der Waals surface area contributed by atoms with Gasteiger partial charge in [0.15, 0.2) is 5.69 Å². The van der Waals surface area contributed by atoms with Crippen molar-refractivity contribution in [3.05, 3.63) is 70.3 Å². The molecule has 8 heteroatoms. The Bertz CT molecular complexity index is 793. The number of hydrogen-bond acceptors (Lipinski definition) is 4. The van der Waals surface area contributed by atoms with E-state index in [0.717, 1.165) is 24.3 Å². The van der Waals surface area contributed by atoms with Crippen LogP contribution in [0.3, 0.4) is 0 Å². The lowest BCUT2D eigenvalue weighted by Crippen LogP contribution is -2.20. The van der Waals surface area contributed by atoms with Gasteiger partial charge in [0.05, 0.1) is 11.3 Å². The molecule has 0 bridgehead atoms. The summed E-state index contributed by atoms with van der Waals surface area (Å²) in [5.74, 6) is -0.606. The largest absolute Gasteiger partial charge is 0.416 e. The van der Waals surface area contributed by atoms with Crippen molar-refractivity contribution in [2.75, 3.05) is 7.05 Å². The third kappa shape index (κ3) is 3.85. The zero-order valence-corrected chi connectivity index (χ0v) is 12.0. The summed E-state index contributed by atoms with van der Waals surface area (Å²) in [6.45, 7) is 0. The van der Waals surface area contributed by atoms with E-state index in [2.05, 4.69) is 10.4 Å². The minimum Gasteiger partial charge on any atom is -0.394 e. The Balaban J connectivity index is 2.39. The number of benzene rings is 1. The summed E-state index contributed by atoms with van der Waals surface area (Å²) in [7, 11) is 1.59. The maximum Gasteiger partial charge on any atom is 0.416 e. The Kier molecular flexibility index (Phi) is 4.63. The van der Waals surface area contributed by atoms with E-state index < -0.39 is 23.0 Å². The van der Waals surface area contributed by atoms with Gasteiger partial charge in [-0.1, -0.05) is 0 Å². The van der Waals surface area contributed by atoms with Crippen LogP contribution in [0.15, 0.2) is 53.6 Å². The molecule has 0 saturated carbocycles. The predicted molar refractivity (Wildman–Crippen MR) is 77.4 cm³/mol. The highest BCUT2D eigenvalue weighted by molar-refractivity contribution is 6.02. The fourth-order valence-electron chi connectivity index (χ4n) is 1.76. The van der Waals surface area contributed by atoms with Gasteiger partial charge in [0, 0.05) is 31.6 Å². The summed E-state index contributed by atoms with van der Waals surface area (Å²) in [6, 6.07) is 5.34. The fourth-order valence-corrected chi connectivity index (χ4v) is 1.76. The number of carbonyl (C=O) groups is 1. The molecule has 23 heavy (non-hydrogen) atoms. The molecule has 0 aliphatic heterocycles. The summed E-state index contributed by atoms with van der Waals surface area (Å²) in [6.07, 6.45) is -0.669. The molecule has 1 heterocycles. The molecule has 5 nitrogen and oxygen atoms in total. The van der Waals surface area contributed by atoms with Gasteiger partial charge in [-0.2, -0.15) is 18.3 Å². The highest BCUT2D eigenvalue weighted by Crippen LogP contribution is 2.29. The van der Waals surface area contributed by atoms with E-state index >= 15 is 0 Å². The number of nitrogens with one attached hydrogen (secondary N) is 1. The first-order chi connectivity index (χ1) is 10.8. The number of allylic oxidation sites excluding steroid dienone is 1. The molecule has 0 fully saturated rings. The van der Waals surface area contributed by atoms with Crippen molar-refractivity contribution in [3.8, 4) is 5.69 Å². The molecule has 1 aromatic heterocycles. The molecule has 0 saturated heterocycles. The standard InChI is InChI=1S/C15H12F3N3O2/c1-19-8-6-12(22)14-13(23)7-9-21(20-14)11-4-2-10(3-5-11)15(16,17)18/h2-9,19H,1H3. The number of nitrogens with zero attached hydrogens (tertiary/aromatic N) is 2. The third-order valence-electron chi connectivity index (χ3n) is 2.90. The van der Waals surface area contributed by atoms with Gasteiger partial charge < -0.3 is 5.32 Å². The topological polar surface area (TPSA) is 64.0 Å². The second-order valence-electron chi connectivity index (χ2n) is 4.50. The predicted octanol–water partition coefficient (Wildman–Crippen LogP) is 2.17. The second kappa shape index (κ2) is 6.47. The summed E-state index contributed by atoms with van der Waals surface area (Å²) < 4.78 is 38.8. The number of carbonyl (C=O) groups excluding carboxylic acids is 1. The summed E-state index contributed by atoms with van der Waals surface area (Å²) >= 11 is 0. The van der Waals surface area contributed by atoms with Crippen LogP contribution < -0.4 is 10.7 Å². The third-order valence-corrected chi connectivity index (χ3v) is 2.90. The maximum absolute atomic E-state index is 12.5. The van der Waals surface area contributed by atoms with Crippen LogP contribution in [0, 0.1) is 0 Å². The Morgan fingerprint density at radius 1 is 1.22 bits per heavy atom. The molecule has 0 unspecified atom stereocenters. The van der Waals surface area contributed by atoms with Crippen molar-refractivity contribution >= 4 is 5.78 Å². The molecule has 0 atom stereocenters. The highest BCUT2D eigenvalue weighted by atomic mass is 19.4. The molecule has 0 aliphatic carbocycles. The first-order valence-corrected chi connectivity index (χ1v) is 6.48. The van der Waals surface area contributed by atoms with Crippen LogP contribution in [0.5, 0.6) is 0 Å². The number of halogens is 3. The van der Waals surface area contributed by atoms with Crippen molar-refractivity contribution in [1.29, 1.82) is 0 Å². The van der Waals surface area contributed by atoms with E-state index in [0.29, 0.717) is 5.69 Å². The lowest BCUT2D eigenvalue weighted by Gasteiger charge is -2.09. The number of hydrogen-bond donors (Lipinski definition) is 1. The summed E-state index contributed by atoms with van der Waals surface area (Å²) in [4.78, 5) is 23.5. The van der Waals surface area contributed by atoms with Crippen LogP contribution in [-0.2, 0) is 6.18 Å². The Morgan fingerprint density at radius 3 is 2.43 bits per heavy atom. The average molecular weight is 323 g/mol. The number of rotatable bonds is 4. The van der Waals surface area contributed by atoms with Gasteiger partial charge in [0.1, 0.15) is 0 Å². The molecule has 0 amide bonds. The van der Waals surface area contributed by atoms with Crippen LogP contribution in [0.1, 0.15) is 16.1 Å². The minimum atomic E-state index is -4.44. The van der Waals surface area contributed by atoms with E-state index in [-0.39, 0.29) is 5.69 Å². The minimum absolute atomic E-state index is 0.296. The van der Waals surface area contributed by atoms with Gasteiger partial charge in [0.2, 0.25) is 11.2 Å². The maximum atomic E-state index is 12.5. The molecule has 120 valence electrons. The zero-order chi connectivity index (χ0) is 17.0. The van der Waals surface area contributed by atoms with Crippen molar-refractivity contribution in [1.82, 2.24) is 15.1 Å². The number of aromatic nitrogens is 2. The SMILES string of the molecule is CNC=CC(=O)c1nn(-c2ccc(C(F)(F)F)cc2)ccc1=O. The lowest BCUT2D eigenvalue weighted by molar-refractivity contribution is -0.137. The Labute approximate surface area is 129 Å². The first-order valence-electron chi connectivity index (χ1n) is 6.48. The van der Waals surface area contributed by atoms with Crippen LogP contribution in [0.25, 0.3) is 5.69 Å². The van der Waals surface area contributed by atoms with E-state index in [4.69, 9.17) is 0 Å². The van der Waals surface area contributed by atoms with E-state index in [1.165, 1.54) is 29.2 Å². The smallest absolute Gasteiger partial charge is 0.394 e. The molecule has 2 aromatic rings. The van der Waals surface area contributed by atoms with E-state index in [1.54, 1.807) is 7.05 Å². The monoisotopic (exact) mass is 323 g/mol. The molecule has 1 N–H and O–H groups in total. The van der Waals surface area contributed by atoms with Gasteiger partial charge >= 0.3 is 6.18 Å². The van der Waals surface area contributed by atoms with Crippen LogP contribution in [0.2, 0.25) is 0 Å². The van der Waals surface area contributed by atoms with Gasteiger partial charge in [0.25, 0.3) is 0 Å². The van der Waals surface area contributed by atoms with Crippen LogP contribution in [-0.4, -0.2) is 22.6 Å². The number of ketones is 1. The molecule has 2 rings (SSSR count). The van der Waals surface area contributed by atoms with Crippen molar-refractivity contribution < 1.29 is 18.0 Å². The fraction of sp³-hybridized carbons (Fsp3) is 0.133. The van der Waals surface area contributed by atoms with Crippen molar-refractivity contribution in [2.24, 2.45) is 0 Å². The van der Waals surface area contributed by atoms with Gasteiger partial charge in [-0.05, 0) is 24.3 Å². The molecule has 0 aliphatic rings. The van der Waals surface area contributed by atoms with Crippen molar-refractivity contribution in [3.63, 3.8) is 0 Å². The molecular weight excluding hydrogens is 311 g/mol. The van der Waals surface area contributed by atoms with Gasteiger partial charge in [-0.3, -0.25) is 9.59 Å². The summed E-state index contributed by atoms with van der Waals surface area (Å²) in [5, 5.41) is 6.49. The molecule has 1 aromatic carbocycles. The zero-order valence-electron chi connectivity index (χ0n) is 12.0. The number of alkyl halides is 3. The normalized spacial score (nSPS) is 11.7. The quantitative estimate of drug-likeness (QED) is 0.692. The Hall–Kier alpha value is -2.90. The first kappa shape index (κ1) is 16.5. The van der Waals surface area contributed by atoms with Crippen molar-refractivity contribution in [2.45, 2.75) is 6.18 Å². The molecular formula is C15H12F3N3O2. The summed E-state index contributed by atoms with van der Waals surface area (Å²) in [5.41, 5.74) is -1.39. The van der Waals surface area contributed by atoms with E-state index in [1.807, 2.05) is 0 Å². The van der Waals surface area contributed by atoms with Gasteiger partial charge in [-0.15, -0.1) is 0 Å². The molecule has 0 spiro atoms. The lowest BCUT2D eigenvalue weighted by atomic mass is 10.2. The van der Waals surface area contributed by atoms with Crippen LogP contribution in [0.4, 0.5) is 13.2 Å². The highest BCUT2D eigenvalue weighted by Gasteiger charge is 2.30. The molecule has 0 radical (unpaired) electrons. The second-order valence-corrected chi connectivity index (χ2v) is 4.50.